The number of allylic oxidation sites excluding steroid dienone is 1. The van der Waals surface area contributed by atoms with Crippen LogP contribution in [0.15, 0.2) is 45.4 Å². The first kappa shape index (κ1) is 20.0. The minimum absolute atomic E-state index is 0.0191. The lowest BCUT2D eigenvalue weighted by atomic mass is 10.1. The van der Waals surface area contributed by atoms with Gasteiger partial charge in [0.25, 0.3) is 0 Å². The van der Waals surface area contributed by atoms with Gasteiger partial charge in [-0.3, -0.25) is 9.79 Å². The zero-order chi connectivity index (χ0) is 20.5. The maximum Gasteiger partial charge on any atom is 0.352 e. The second-order valence-corrected chi connectivity index (χ2v) is 9.51. The van der Waals surface area contributed by atoms with Crippen LogP contribution in [-0.2, 0) is 9.59 Å². The molecule has 0 bridgehead atoms. The largest absolute Gasteiger partial charge is 0.477 e. The van der Waals surface area contributed by atoms with Crippen LogP contribution >= 0.6 is 11.8 Å². The Morgan fingerprint density at radius 3 is 2.69 bits per heavy atom. The van der Waals surface area contributed by atoms with E-state index >= 15 is 0 Å². The second-order valence-electron chi connectivity index (χ2n) is 8.17. The lowest BCUT2D eigenvalue weighted by Crippen LogP contribution is -2.40. The van der Waals surface area contributed by atoms with Gasteiger partial charge in [-0.15, -0.1) is 11.8 Å². The number of likely N-dealkylation sites (tertiary alicyclic amines) is 1. The molecule has 0 radical (unpaired) electrons. The number of carboxylic acid groups (broad SMARTS) is 1. The van der Waals surface area contributed by atoms with Crippen LogP contribution in [0.2, 0.25) is 0 Å². The van der Waals surface area contributed by atoms with Gasteiger partial charge in [-0.1, -0.05) is 18.2 Å². The van der Waals surface area contributed by atoms with Crippen LogP contribution in [0.3, 0.4) is 0 Å². The van der Waals surface area contributed by atoms with Gasteiger partial charge < -0.3 is 15.7 Å². The molecule has 7 heteroatoms. The highest BCUT2D eigenvalue weighted by molar-refractivity contribution is 8.00. The van der Waals surface area contributed by atoms with Crippen molar-refractivity contribution in [3.8, 4) is 0 Å². The molecule has 2 saturated carbocycles. The first-order valence-corrected chi connectivity index (χ1v) is 11.1. The Morgan fingerprint density at radius 2 is 2.00 bits per heavy atom. The molecule has 29 heavy (non-hydrogen) atoms. The third kappa shape index (κ3) is 4.34. The van der Waals surface area contributed by atoms with Crippen LogP contribution in [-0.4, -0.2) is 52.5 Å². The summed E-state index contributed by atoms with van der Waals surface area (Å²) in [4.78, 5) is 31.6. The number of nitrogens with two attached hydrogens (primary N) is 1. The molecule has 1 amide bonds. The molecule has 1 aliphatic heterocycles. The Morgan fingerprint density at radius 1 is 1.28 bits per heavy atom. The zero-order valence-electron chi connectivity index (χ0n) is 16.6. The molecule has 3 N–H and O–H groups in total. The minimum Gasteiger partial charge on any atom is -0.477 e. The molecule has 2 aliphatic carbocycles. The number of carboxylic acids is 1. The molecule has 4 rings (SSSR count). The molecule has 3 aliphatic rings. The van der Waals surface area contributed by atoms with Crippen LogP contribution in [0.25, 0.3) is 0 Å². The maximum atomic E-state index is 12.6. The molecule has 1 saturated heterocycles. The van der Waals surface area contributed by atoms with Gasteiger partial charge in [0.15, 0.2) is 0 Å². The highest BCUT2D eigenvalue weighted by Gasteiger charge is 2.50. The number of nitrogens with zero attached hydrogens (tertiary/aromatic N) is 2. The van der Waals surface area contributed by atoms with Gasteiger partial charge in [-0.05, 0) is 56.1 Å². The van der Waals surface area contributed by atoms with Crippen molar-refractivity contribution >= 4 is 29.4 Å². The van der Waals surface area contributed by atoms with Crippen molar-refractivity contribution in [1.82, 2.24) is 4.90 Å². The van der Waals surface area contributed by atoms with Crippen molar-refractivity contribution in [3.05, 3.63) is 41.1 Å². The SMILES string of the molecule is Cc1ccccc1SC1CCN(C(=O)CN=C2CC3CC3C2=C(N)C(=O)O)CC1. The fourth-order valence-electron chi connectivity index (χ4n) is 4.37. The summed E-state index contributed by atoms with van der Waals surface area (Å²) in [6.45, 7) is 3.71. The molecule has 6 nitrogen and oxygen atoms in total. The van der Waals surface area contributed by atoms with Crippen LogP contribution in [0.1, 0.15) is 31.2 Å². The Hall–Kier alpha value is -2.28. The Bertz CT molecular complexity index is 887. The highest BCUT2D eigenvalue weighted by Crippen LogP contribution is 2.54. The molecule has 1 heterocycles. The number of carbonyl (C=O) groups excluding carboxylic acids is 1. The second kappa shape index (κ2) is 8.22. The molecule has 1 aromatic rings. The fraction of sp³-hybridized carbons (Fsp3) is 0.500. The molecule has 2 atom stereocenters. The average Bonchev–Trinajstić information content (AvgIpc) is 3.38. The summed E-state index contributed by atoms with van der Waals surface area (Å²) in [7, 11) is 0. The lowest BCUT2D eigenvalue weighted by Gasteiger charge is -2.31. The number of aliphatic carboxylic acids is 1. The predicted octanol–water partition coefficient (Wildman–Crippen LogP) is 2.86. The summed E-state index contributed by atoms with van der Waals surface area (Å²) in [5.74, 6) is -0.384. The van der Waals surface area contributed by atoms with Gasteiger partial charge in [0, 0.05) is 34.5 Å². The molecule has 154 valence electrons. The van der Waals surface area contributed by atoms with Crippen molar-refractivity contribution in [3.63, 3.8) is 0 Å². The van der Waals surface area contributed by atoms with E-state index in [2.05, 4.69) is 36.2 Å². The van der Waals surface area contributed by atoms with Gasteiger partial charge in [0.1, 0.15) is 12.2 Å². The topological polar surface area (TPSA) is 96.0 Å². The summed E-state index contributed by atoms with van der Waals surface area (Å²) < 4.78 is 0. The van der Waals surface area contributed by atoms with E-state index in [1.165, 1.54) is 10.5 Å². The standard InChI is InChI=1S/C22H27N3O3S/c1-13-4-2-3-5-18(13)29-15-6-8-25(9-7-15)19(26)12-24-17-11-14-10-16(14)20(17)21(23)22(27)28/h2-5,14-16H,6-12,23H2,1H3,(H,27,28). The number of fused-ring (bicyclic) bond motifs is 1. The highest BCUT2D eigenvalue weighted by atomic mass is 32.2. The number of aryl methyl sites for hydroxylation is 1. The van der Waals surface area contributed by atoms with Crippen LogP contribution in [0.5, 0.6) is 0 Å². The average molecular weight is 414 g/mol. The molecular formula is C22H27N3O3S. The third-order valence-corrected chi connectivity index (χ3v) is 7.68. The van der Waals surface area contributed by atoms with Gasteiger partial charge in [-0.25, -0.2) is 4.79 Å². The minimum atomic E-state index is -1.10. The van der Waals surface area contributed by atoms with E-state index in [-0.39, 0.29) is 24.1 Å². The van der Waals surface area contributed by atoms with E-state index in [1.807, 2.05) is 16.7 Å². The third-order valence-electron chi connectivity index (χ3n) is 6.17. The van der Waals surface area contributed by atoms with Gasteiger partial charge in [0.2, 0.25) is 5.91 Å². The van der Waals surface area contributed by atoms with E-state index in [9.17, 15) is 14.7 Å². The molecule has 0 spiro atoms. The summed E-state index contributed by atoms with van der Waals surface area (Å²) in [5, 5.41) is 9.74. The van der Waals surface area contributed by atoms with Crippen molar-refractivity contribution in [2.75, 3.05) is 19.6 Å². The molecular weight excluding hydrogens is 386 g/mol. The van der Waals surface area contributed by atoms with Crippen molar-refractivity contribution < 1.29 is 14.7 Å². The molecule has 1 aromatic carbocycles. The lowest BCUT2D eigenvalue weighted by molar-refractivity contribution is -0.133. The Kier molecular flexibility index (Phi) is 5.67. The Labute approximate surface area is 175 Å². The van der Waals surface area contributed by atoms with Crippen LogP contribution in [0.4, 0.5) is 0 Å². The zero-order valence-corrected chi connectivity index (χ0v) is 17.5. The first-order valence-electron chi connectivity index (χ1n) is 10.2. The van der Waals surface area contributed by atoms with Gasteiger partial charge in [-0.2, -0.15) is 0 Å². The monoisotopic (exact) mass is 413 g/mol. The first-order chi connectivity index (χ1) is 13.9. The van der Waals surface area contributed by atoms with Crippen molar-refractivity contribution in [2.24, 2.45) is 22.6 Å². The van der Waals surface area contributed by atoms with Crippen LogP contribution < -0.4 is 5.73 Å². The van der Waals surface area contributed by atoms with Crippen LogP contribution in [0, 0.1) is 18.8 Å². The molecule has 3 fully saturated rings. The predicted molar refractivity (Wildman–Crippen MR) is 114 cm³/mol. The van der Waals surface area contributed by atoms with Crippen molar-refractivity contribution in [1.29, 1.82) is 0 Å². The van der Waals surface area contributed by atoms with Gasteiger partial charge in [0.05, 0.1) is 0 Å². The number of hydrogen-bond donors (Lipinski definition) is 2. The summed E-state index contributed by atoms with van der Waals surface area (Å²) in [5.41, 5.74) is 8.36. The van der Waals surface area contributed by atoms with E-state index < -0.39 is 5.97 Å². The number of piperidine rings is 1. The number of benzene rings is 1. The smallest absolute Gasteiger partial charge is 0.352 e. The van der Waals surface area contributed by atoms with E-state index in [0.29, 0.717) is 16.7 Å². The summed E-state index contributed by atoms with van der Waals surface area (Å²) >= 11 is 1.91. The normalized spacial score (nSPS) is 27.1. The molecule has 0 aromatic heterocycles. The van der Waals surface area contributed by atoms with E-state index in [1.54, 1.807) is 0 Å². The molecule has 2 unspecified atom stereocenters. The number of thioether (sulfide) groups is 1. The summed E-state index contributed by atoms with van der Waals surface area (Å²) in [6.07, 6.45) is 3.68. The maximum absolute atomic E-state index is 12.6. The van der Waals surface area contributed by atoms with Crippen molar-refractivity contribution in [2.45, 2.75) is 42.8 Å². The number of rotatable bonds is 5. The van der Waals surface area contributed by atoms with E-state index in [0.717, 1.165) is 44.5 Å². The number of aliphatic imine (C=N–C) groups is 1. The van der Waals surface area contributed by atoms with E-state index in [4.69, 9.17) is 5.73 Å². The number of hydrogen-bond acceptors (Lipinski definition) is 5. The fourth-order valence-corrected chi connectivity index (χ4v) is 5.59. The number of amides is 1. The summed E-state index contributed by atoms with van der Waals surface area (Å²) in [6, 6.07) is 8.42. The number of carbonyl (C=O) groups is 2. The van der Waals surface area contributed by atoms with Gasteiger partial charge >= 0.3 is 5.97 Å². The Balaban J connectivity index is 1.31. The quantitative estimate of drug-likeness (QED) is 0.724.